The molecule has 2 amide bonds. The van der Waals surface area contributed by atoms with E-state index in [9.17, 15) is 9.59 Å². The van der Waals surface area contributed by atoms with Gasteiger partial charge in [-0.1, -0.05) is 19.4 Å². The van der Waals surface area contributed by atoms with Gasteiger partial charge in [-0.15, -0.1) is 11.3 Å². The highest BCUT2D eigenvalue weighted by Gasteiger charge is 2.34. The molecular weight excluding hydrogens is 396 g/mol. The minimum absolute atomic E-state index is 0.00895. The second-order valence-electron chi connectivity index (χ2n) is 8.52. The first-order valence-electron chi connectivity index (χ1n) is 10.3. The summed E-state index contributed by atoms with van der Waals surface area (Å²) < 4.78 is 0. The average Bonchev–Trinajstić information content (AvgIpc) is 3.11. The highest BCUT2D eigenvalue weighted by atomic mass is 32.1. The first-order chi connectivity index (χ1) is 14.4. The number of aromatic nitrogens is 2. The molecule has 1 fully saturated rings. The maximum absolute atomic E-state index is 12.7. The Hall–Kier alpha value is -2.80. The number of nitrogens with one attached hydrogen (secondary N) is 1. The smallest absolute Gasteiger partial charge is 0.246 e. The van der Waals surface area contributed by atoms with Crippen molar-refractivity contribution in [1.29, 1.82) is 0 Å². The van der Waals surface area contributed by atoms with Crippen LogP contribution >= 0.6 is 11.3 Å². The van der Waals surface area contributed by atoms with Gasteiger partial charge in [0.15, 0.2) is 0 Å². The molecule has 0 spiro atoms. The lowest BCUT2D eigenvalue weighted by Gasteiger charge is -2.29. The summed E-state index contributed by atoms with van der Waals surface area (Å²) in [5, 5.41) is 4.91. The number of carbonyl (C=O) groups excluding carboxylic acids is 2. The third-order valence-corrected chi connectivity index (χ3v) is 6.23. The lowest BCUT2D eigenvalue weighted by molar-refractivity contribution is -0.126. The summed E-state index contributed by atoms with van der Waals surface area (Å²) in [5.74, 6) is 0.636. The molecule has 4 heterocycles. The maximum atomic E-state index is 12.7. The van der Waals surface area contributed by atoms with E-state index in [4.69, 9.17) is 0 Å². The molecule has 0 radical (unpaired) electrons. The van der Waals surface area contributed by atoms with E-state index in [0.717, 1.165) is 49.2 Å². The van der Waals surface area contributed by atoms with Gasteiger partial charge >= 0.3 is 0 Å². The van der Waals surface area contributed by atoms with Gasteiger partial charge in [0.2, 0.25) is 11.8 Å². The summed E-state index contributed by atoms with van der Waals surface area (Å²) in [6.45, 7) is 5.34. The molecule has 0 aliphatic carbocycles. The molecule has 6 nitrogen and oxygen atoms in total. The van der Waals surface area contributed by atoms with Gasteiger partial charge in [-0.25, -0.2) is 9.97 Å². The van der Waals surface area contributed by atoms with Crippen LogP contribution in [-0.4, -0.2) is 39.8 Å². The average molecular weight is 423 g/mol. The number of hydrogen-bond donors (Lipinski definition) is 1. The maximum Gasteiger partial charge on any atom is 0.246 e. The number of likely N-dealkylation sites (tertiary alicyclic amines) is 1. The second kappa shape index (κ2) is 8.52. The Labute approximate surface area is 180 Å². The van der Waals surface area contributed by atoms with Gasteiger partial charge in [0.05, 0.1) is 11.2 Å². The molecule has 2 aliphatic rings. The largest absolute Gasteiger partial charge is 0.339 e. The molecule has 2 aliphatic heterocycles. The second-order valence-corrected chi connectivity index (χ2v) is 9.24. The van der Waals surface area contributed by atoms with E-state index in [-0.39, 0.29) is 11.8 Å². The van der Waals surface area contributed by atoms with Crippen molar-refractivity contribution in [2.75, 3.05) is 18.4 Å². The number of hydrogen-bond acceptors (Lipinski definition) is 5. The van der Waals surface area contributed by atoms with E-state index in [2.05, 4.69) is 21.4 Å². The Bertz CT molecular complexity index is 1010. The van der Waals surface area contributed by atoms with Crippen molar-refractivity contribution in [3.63, 3.8) is 0 Å². The number of carbonyl (C=O) groups is 2. The monoisotopic (exact) mass is 422 g/mol. The van der Waals surface area contributed by atoms with Crippen molar-refractivity contribution in [1.82, 2.24) is 14.9 Å². The van der Waals surface area contributed by atoms with Crippen molar-refractivity contribution < 1.29 is 9.59 Å². The van der Waals surface area contributed by atoms with Crippen molar-refractivity contribution in [2.24, 2.45) is 5.41 Å². The van der Waals surface area contributed by atoms with Crippen molar-refractivity contribution in [2.45, 2.75) is 39.5 Å². The van der Waals surface area contributed by atoms with Crippen LogP contribution in [0.3, 0.4) is 0 Å². The van der Waals surface area contributed by atoms with E-state index in [0.29, 0.717) is 12.2 Å². The Morgan fingerprint density at radius 3 is 2.93 bits per heavy atom. The Kier molecular flexibility index (Phi) is 5.81. The fourth-order valence-electron chi connectivity index (χ4n) is 3.85. The van der Waals surface area contributed by atoms with Crippen LogP contribution in [0, 0.1) is 5.41 Å². The van der Waals surface area contributed by atoms with Crippen LogP contribution < -0.4 is 5.32 Å². The number of fused-ring (bicyclic) bond motifs is 1. The predicted octanol–water partition coefficient (Wildman–Crippen LogP) is 4.17. The number of thiazole rings is 1. The van der Waals surface area contributed by atoms with Crippen LogP contribution in [0.1, 0.15) is 49.9 Å². The topological polar surface area (TPSA) is 75.2 Å². The molecule has 0 aromatic carbocycles. The molecule has 4 rings (SSSR count). The molecule has 0 atom stereocenters. The first kappa shape index (κ1) is 20.5. The highest BCUT2D eigenvalue weighted by Crippen LogP contribution is 2.32. The number of pyridine rings is 1. The van der Waals surface area contributed by atoms with Crippen molar-refractivity contribution >= 4 is 41.1 Å². The summed E-state index contributed by atoms with van der Waals surface area (Å²) in [7, 11) is 0. The molecule has 0 saturated carbocycles. The van der Waals surface area contributed by atoms with E-state index in [1.54, 1.807) is 23.6 Å². The summed E-state index contributed by atoms with van der Waals surface area (Å²) in [6.07, 6.45) is 10.8. The minimum Gasteiger partial charge on any atom is -0.339 e. The van der Waals surface area contributed by atoms with Gasteiger partial charge in [-0.05, 0) is 55.0 Å². The van der Waals surface area contributed by atoms with E-state index >= 15 is 0 Å². The zero-order chi connectivity index (χ0) is 21.1. The molecule has 2 aromatic rings. The molecule has 7 heteroatoms. The van der Waals surface area contributed by atoms with Gasteiger partial charge in [-0.3, -0.25) is 9.59 Å². The predicted molar refractivity (Wildman–Crippen MR) is 120 cm³/mol. The molecule has 0 unspecified atom stereocenters. The van der Waals surface area contributed by atoms with Crippen LogP contribution in [0.5, 0.6) is 0 Å². The summed E-state index contributed by atoms with van der Waals surface area (Å²) in [6, 6.07) is 2.00. The zero-order valence-electron chi connectivity index (χ0n) is 17.4. The quantitative estimate of drug-likeness (QED) is 0.754. The van der Waals surface area contributed by atoms with Crippen LogP contribution in [0.15, 0.2) is 34.8 Å². The Morgan fingerprint density at radius 1 is 1.27 bits per heavy atom. The van der Waals surface area contributed by atoms with Gasteiger partial charge in [0.25, 0.3) is 0 Å². The molecule has 30 heavy (non-hydrogen) atoms. The van der Waals surface area contributed by atoms with Crippen molar-refractivity contribution in [3.8, 4) is 0 Å². The molecule has 0 bridgehead atoms. The Morgan fingerprint density at radius 2 is 2.13 bits per heavy atom. The first-order valence-corrected chi connectivity index (χ1v) is 11.2. The molecule has 1 N–H and O–H groups in total. The summed E-state index contributed by atoms with van der Waals surface area (Å²) >= 11 is 1.60. The normalized spacial score (nSPS) is 20.1. The van der Waals surface area contributed by atoms with E-state index in [1.807, 2.05) is 41.8 Å². The van der Waals surface area contributed by atoms with Crippen LogP contribution in [0.4, 0.5) is 5.82 Å². The van der Waals surface area contributed by atoms with Crippen LogP contribution in [0.2, 0.25) is 0 Å². The Balaban J connectivity index is 1.40. The number of rotatable bonds is 3. The van der Waals surface area contributed by atoms with E-state index in [1.165, 1.54) is 5.57 Å². The zero-order valence-corrected chi connectivity index (χ0v) is 18.2. The van der Waals surface area contributed by atoms with Crippen LogP contribution in [0.25, 0.3) is 12.2 Å². The number of anilines is 1. The van der Waals surface area contributed by atoms with Crippen molar-refractivity contribution in [3.05, 3.63) is 51.6 Å². The summed E-state index contributed by atoms with van der Waals surface area (Å²) in [4.78, 5) is 35.4. The van der Waals surface area contributed by atoms with Gasteiger partial charge in [-0.2, -0.15) is 0 Å². The standard InChI is InChI=1S/C23H26N4O2S/c1-23(2)12-18-10-17(13-24-21(18)26-22(23)29)5-6-20(28)27-8-3-4-16(7-9-27)11-19-14-30-15-25-19/h5-6,10-11,13-15H,3-4,7-9,12H2,1-2H3,(H,24,26,29). The minimum atomic E-state index is -0.456. The fraction of sp³-hybridized carbons (Fsp3) is 0.391. The lowest BCUT2D eigenvalue weighted by atomic mass is 9.82. The van der Waals surface area contributed by atoms with Gasteiger partial charge in [0.1, 0.15) is 5.82 Å². The lowest BCUT2D eigenvalue weighted by Crippen LogP contribution is -2.37. The third-order valence-electron chi connectivity index (χ3n) is 5.63. The number of amides is 2. The SMILES string of the molecule is CC1(C)Cc2cc(C=CC(=O)N3CCCC(=Cc4cscn4)CC3)cnc2NC1=O. The highest BCUT2D eigenvalue weighted by molar-refractivity contribution is 7.07. The molecule has 2 aromatic heterocycles. The third kappa shape index (κ3) is 4.67. The summed E-state index contributed by atoms with van der Waals surface area (Å²) in [5.41, 5.74) is 5.61. The fourth-order valence-corrected chi connectivity index (χ4v) is 4.36. The molecule has 1 saturated heterocycles. The molecular formula is C23H26N4O2S. The number of nitrogens with zero attached hydrogens (tertiary/aromatic N) is 3. The van der Waals surface area contributed by atoms with Gasteiger partial charge < -0.3 is 10.2 Å². The van der Waals surface area contributed by atoms with E-state index < -0.39 is 5.41 Å². The molecule has 156 valence electrons. The van der Waals surface area contributed by atoms with Crippen LogP contribution in [-0.2, 0) is 16.0 Å². The van der Waals surface area contributed by atoms with Gasteiger partial charge in [0, 0.05) is 36.2 Å².